The normalized spacial score (nSPS) is 9.09. The van der Waals surface area contributed by atoms with Crippen molar-refractivity contribution in [1.82, 2.24) is 0 Å². The maximum Gasteiger partial charge on any atom is 0.148 e. The van der Waals surface area contributed by atoms with Crippen molar-refractivity contribution in [2.24, 2.45) is 0 Å². The van der Waals surface area contributed by atoms with E-state index in [-0.39, 0.29) is 6.61 Å². The van der Waals surface area contributed by atoms with Crippen molar-refractivity contribution in [2.75, 3.05) is 6.61 Å². The average molecular weight is 148 g/mol. The number of hydrogen-bond donors (Lipinski definition) is 0. The molecular weight excluding hydrogens is 136 g/mol. The minimum Gasteiger partial charge on any atom is -0.482 e. The summed E-state index contributed by atoms with van der Waals surface area (Å²) >= 11 is 0. The molecular formula is C10H12O. The Hall–Kier alpha value is -1.42. The lowest BCUT2D eigenvalue weighted by molar-refractivity contribution is 0.269. The van der Waals surface area contributed by atoms with Crippen molar-refractivity contribution in [1.29, 1.82) is 0 Å². The topological polar surface area (TPSA) is 9.23 Å². The fourth-order valence-electron chi connectivity index (χ4n) is 0.418. The second-order valence-electron chi connectivity index (χ2n) is 2.14. The smallest absolute Gasteiger partial charge is 0.148 e. The Morgan fingerprint density at radius 3 is 2.64 bits per heavy atom. The van der Waals surface area contributed by atoms with Gasteiger partial charge >= 0.3 is 0 Å². The minimum absolute atomic E-state index is 0.263. The first kappa shape index (κ1) is 9.58. The monoisotopic (exact) mass is 148 g/mol. The summed E-state index contributed by atoms with van der Waals surface area (Å²) in [7, 11) is 0. The van der Waals surface area contributed by atoms with E-state index in [9.17, 15) is 0 Å². The maximum absolute atomic E-state index is 4.98. The predicted octanol–water partition coefficient (Wildman–Crippen LogP) is 2.28. The van der Waals surface area contributed by atoms with Crippen LogP contribution < -0.4 is 0 Å². The molecule has 0 atom stereocenters. The van der Waals surface area contributed by atoms with Gasteiger partial charge in [-0.1, -0.05) is 30.7 Å². The molecule has 0 aliphatic heterocycles. The summed E-state index contributed by atoms with van der Waals surface area (Å²) in [5, 5.41) is 0. The molecule has 0 aromatic carbocycles. The van der Waals surface area contributed by atoms with Gasteiger partial charge in [0.05, 0.1) is 0 Å². The molecule has 11 heavy (non-hydrogen) atoms. The van der Waals surface area contributed by atoms with Crippen LogP contribution in [0.2, 0.25) is 0 Å². The number of terminal acetylenes is 1. The van der Waals surface area contributed by atoms with Crippen LogP contribution in [0.1, 0.15) is 6.92 Å². The molecule has 58 valence electrons. The van der Waals surface area contributed by atoms with Crippen molar-refractivity contribution in [2.45, 2.75) is 6.92 Å². The lowest BCUT2D eigenvalue weighted by Gasteiger charge is -1.98. The fourth-order valence-corrected chi connectivity index (χ4v) is 0.418. The van der Waals surface area contributed by atoms with E-state index in [0.717, 1.165) is 5.57 Å². The zero-order chi connectivity index (χ0) is 8.69. The Bertz CT molecular complexity index is 216. The lowest BCUT2D eigenvalue weighted by atomic mass is 10.3. The van der Waals surface area contributed by atoms with Crippen LogP contribution in [-0.4, -0.2) is 6.61 Å². The van der Waals surface area contributed by atoms with E-state index in [1.165, 1.54) is 0 Å². The van der Waals surface area contributed by atoms with Crippen LogP contribution >= 0.6 is 0 Å². The number of ether oxygens (including phenoxy) is 1. The van der Waals surface area contributed by atoms with Gasteiger partial charge in [0.2, 0.25) is 0 Å². The molecule has 0 aromatic heterocycles. The third kappa shape index (κ3) is 6.47. The summed E-state index contributed by atoms with van der Waals surface area (Å²) in [5.74, 6) is 2.91. The summed E-state index contributed by atoms with van der Waals surface area (Å²) in [4.78, 5) is 0. The van der Waals surface area contributed by atoms with Crippen LogP contribution in [0.5, 0.6) is 0 Å². The Morgan fingerprint density at radius 2 is 2.18 bits per heavy atom. The largest absolute Gasteiger partial charge is 0.482 e. The third-order valence-corrected chi connectivity index (χ3v) is 0.895. The molecule has 0 fully saturated rings. The van der Waals surface area contributed by atoms with Crippen molar-refractivity contribution >= 4 is 0 Å². The van der Waals surface area contributed by atoms with Gasteiger partial charge in [-0.3, -0.25) is 0 Å². The highest BCUT2D eigenvalue weighted by atomic mass is 16.5. The Balaban J connectivity index is 3.71. The highest BCUT2D eigenvalue weighted by Crippen LogP contribution is 1.98. The molecule has 0 aliphatic carbocycles. The third-order valence-electron chi connectivity index (χ3n) is 0.895. The van der Waals surface area contributed by atoms with E-state index in [1.54, 1.807) is 6.08 Å². The van der Waals surface area contributed by atoms with Crippen molar-refractivity contribution in [3.63, 3.8) is 0 Å². The molecule has 0 radical (unpaired) electrons. The van der Waals surface area contributed by atoms with Crippen molar-refractivity contribution < 1.29 is 4.74 Å². The van der Waals surface area contributed by atoms with E-state index in [1.807, 2.05) is 13.0 Å². The second kappa shape index (κ2) is 5.37. The molecule has 0 amide bonds. The highest BCUT2D eigenvalue weighted by Gasteiger charge is 1.84. The van der Waals surface area contributed by atoms with Gasteiger partial charge in [0.15, 0.2) is 0 Å². The van der Waals surface area contributed by atoms with Gasteiger partial charge in [0.1, 0.15) is 12.4 Å². The van der Waals surface area contributed by atoms with Crippen LogP contribution in [0.25, 0.3) is 0 Å². The molecule has 1 nitrogen and oxygen atoms in total. The van der Waals surface area contributed by atoms with E-state index in [4.69, 9.17) is 11.2 Å². The molecule has 0 heterocycles. The molecule has 0 saturated heterocycles. The molecule has 0 rings (SSSR count). The van der Waals surface area contributed by atoms with Gasteiger partial charge in [-0.25, -0.2) is 0 Å². The molecule has 0 aromatic rings. The number of allylic oxidation sites excluding steroid dienone is 3. The van der Waals surface area contributed by atoms with Crippen LogP contribution in [0.15, 0.2) is 36.6 Å². The van der Waals surface area contributed by atoms with E-state index in [0.29, 0.717) is 5.76 Å². The quantitative estimate of drug-likeness (QED) is 0.337. The lowest BCUT2D eigenvalue weighted by Crippen LogP contribution is -1.87. The van der Waals surface area contributed by atoms with Crippen LogP contribution in [0, 0.1) is 12.3 Å². The van der Waals surface area contributed by atoms with E-state index in [2.05, 4.69) is 19.1 Å². The number of rotatable bonds is 4. The number of hydrogen-bond acceptors (Lipinski definition) is 1. The van der Waals surface area contributed by atoms with Crippen molar-refractivity contribution in [3.05, 3.63) is 36.6 Å². The first-order chi connectivity index (χ1) is 5.16. The average Bonchev–Trinajstić information content (AvgIpc) is 1.97. The van der Waals surface area contributed by atoms with Crippen LogP contribution in [0.4, 0.5) is 0 Å². The molecule has 0 aliphatic rings. The Morgan fingerprint density at radius 1 is 1.55 bits per heavy atom. The van der Waals surface area contributed by atoms with Crippen LogP contribution in [-0.2, 0) is 4.74 Å². The van der Waals surface area contributed by atoms with E-state index < -0.39 is 0 Å². The fraction of sp³-hybridized carbons (Fsp3) is 0.200. The zero-order valence-electron chi connectivity index (χ0n) is 6.76. The first-order valence-corrected chi connectivity index (χ1v) is 3.25. The standard InChI is InChI=1S/C10H12O/c1-5-8-11-10(4)7-6-9(2)3/h1,6-7H,2,4,8H2,3H3. The second-order valence-corrected chi connectivity index (χ2v) is 2.14. The van der Waals surface area contributed by atoms with Gasteiger partial charge < -0.3 is 4.74 Å². The van der Waals surface area contributed by atoms with Gasteiger partial charge in [0.25, 0.3) is 0 Å². The van der Waals surface area contributed by atoms with Gasteiger partial charge in [-0.15, -0.1) is 6.42 Å². The molecule has 0 bridgehead atoms. The van der Waals surface area contributed by atoms with E-state index >= 15 is 0 Å². The molecule has 0 spiro atoms. The molecule has 1 heteroatoms. The van der Waals surface area contributed by atoms with Gasteiger partial charge in [-0.05, 0) is 13.0 Å². The van der Waals surface area contributed by atoms with Gasteiger partial charge in [-0.2, -0.15) is 0 Å². The maximum atomic E-state index is 4.98. The molecule has 0 saturated carbocycles. The van der Waals surface area contributed by atoms with Crippen molar-refractivity contribution in [3.8, 4) is 12.3 Å². The Labute approximate surface area is 68.1 Å². The van der Waals surface area contributed by atoms with Gasteiger partial charge in [0, 0.05) is 0 Å². The minimum atomic E-state index is 0.263. The predicted molar refractivity (Wildman–Crippen MR) is 47.9 cm³/mol. The summed E-state index contributed by atoms with van der Waals surface area (Å²) in [6, 6.07) is 0. The summed E-state index contributed by atoms with van der Waals surface area (Å²) in [6.45, 7) is 9.46. The highest BCUT2D eigenvalue weighted by molar-refractivity contribution is 5.19. The molecule has 0 unspecified atom stereocenters. The molecule has 0 N–H and O–H groups in total. The first-order valence-electron chi connectivity index (χ1n) is 3.25. The SMILES string of the molecule is C#CCOC(=C)C=CC(=C)C. The summed E-state index contributed by atoms with van der Waals surface area (Å²) < 4.78 is 4.98. The summed E-state index contributed by atoms with van der Waals surface area (Å²) in [5.41, 5.74) is 0.954. The summed E-state index contributed by atoms with van der Waals surface area (Å²) in [6.07, 6.45) is 8.53. The zero-order valence-corrected chi connectivity index (χ0v) is 6.76. The van der Waals surface area contributed by atoms with Crippen LogP contribution in [0.3, 0.4) is 0 Å². The Kier molecular flexibility index (Phi) is 4.68.